The van der Waals surface area contributed by atoms with Crippen LogP contribution in [0.4, 0.5) is 4.79 Å². The predicted octanol–water partition coefficient (Wildman–Crippen LogP) is 3.30. The molecular weight excluding hydrogens is 436 g/mol. The zero-order chi connectivity index (χ0) is 24.1. The van der Waals surface area contributed by atoms with Crippen LogP contribution in [0.3, 0.4) is 0 Å². The molecule has 4 rings (SSSR count). The van der Waals surface area contributed by atoms with Crippen LogP contribution in [0.15, 0.2) is 48.5 Å². The van der Waals surface area contributed by atoms with Crippen LogP contribution in [-0.2, 0) is 19.1 Å². The molecule has 2 aromatic carbocycles. The van der Waals surface area contributed by atoms with E-state index in [0.29, 0.717) is 12.8 Å². The van der Waals surface area contributed by atoms with E-state index in [-0.39, 0.29) is 44.1 Å². The SMILES string of the molecule is CCC(CCC(=O)O)NC(=O)C1COCC1NC(=O)OCC1c2ccccc2-c2ccccc21. The Labute approximate surface area is 198 Å². The lowest BCUT2D eigenvalue weighted by atomic mass is 9.98. The third-order valence-corrected chi connectivity index (χ3v) is 6.61. The molecule has 1 aliphatic heterocycles. The van der Waals surface area contributed by atoms with E-state index < -0.39 is 24.0 Å². The molecule has 3 N–H and O–H groups in total. The average Bonchev–Trinajstić information content (AvgIpc) is 3.42. The first-order valence-electron chi connectivity index (χ1n) is 11.7. The van der Waals surface area contributed by atoms with Crippen molar-refractivity contribution in [2.75, 3.05) is 19.8 Å². The molecule has 8 heteroatoms. The van der Waals surface area contributed by atoms with Gasteiger partial charge in [0.15, 0.2) is 0 Å². The summed E-state index contributed by atoms with van der Waals surface area (Å²) in [6.45, 7) is 2.49. The molecule has 0 aromatic heterocycles. The molecule has 2 amide bonds. The molecule has 1 fully saturated rings. The summed E-state index contributed by atoms with van der Waals surface area (Å²) in [6, 6.07) is 15.5. The lowest BCUT2D eigenvalue weighted by Gasteiger charge is -2.22. The third-order valence-electron chi connectivity index (χ3n) is 6.61. The van der Waals surface area contributed by atoms with Gasteiger partial charge >= 0.3 is 12.1 Å². The maximum absolute atomic E-state index is 12.8. The molecule has 34 heavy (non-hydrogen) atoms. The molecule has 3 atom stereocenters. The highest BCUT2D eigenvalue weighted by Crippen LogP contribution is 2.44. The van der Waals surface area contributed by atoms with E-state index in [9.17, 15) is 14.4 Å². The van der Waals surface area contributed by atoms with E-state index in [4.69, 9.17) is 14.6 Å². The van der Waals surface area contributed by atoms with Crippen LogP contribution in [0, 0.1) is 5.92 Å². The van der Waals surface area contributed by atoms with E-state index in [2.05, 4.69) is 34.9 Å². The van der Waals surface area contributed by atoms with Gasteiger partial charge in [0, 0.05) is 18.4 Å². The van der Waals surface area contributed by atoms with Gasteiger partial charge in [-0.3, -0.25) is 9.59 Å². The molecule has 0 spiro atoms. The van der Waals surface area contributed by atoms with Crippen LogP contribution in [0.2, 0.25) is 0 Å². The third kappa shape index (κ3) is 5.22. The Morgan fingerprint density at radius 3 is 2.32 bits per heavy atom. The summed E-state index contributed by atoms with van der Waals surface area (Å²) in [6.07, 6.45) is 0.377. The minimum absolute atomic E-state index is 0.0125. The van der Waals surface area contributed by atoms with E-state index in [0.717, 1.165) is 22.3 Å². The topological polar surface area (TPSA) is 114 Å². The Balaban J connectivity index is 1.33. The first-order chi connectivity index (χ1) is 16.5. The molecule has 3 unspecified atom stereocenters. The van der Waals surface area contributed by atoms with Gasteiger partial charge in [-0.2, -0.15) is 0 Å². The average molecular weight is 467 g/mol. The zero-order valence-electron chi connectivity index (χ0n) is 19.2. The second-order valence-corrected chi connectivity index (χ2v) is 8.77. The monoisotopic (exact) mass is 466 g/mol. The molecule has 2 aliphatic rings. The number of aliphatic carboxylic acids is 1. The summed E-state index contributed by atoms with van der Waals surface area (Å²) >= 11 is 0. The van der Waals surface area contributed by atoms with Gasteiger partial charge in [0.2, 0.25) is 5.91 Å². The van der Waals surface area contributed by atoms with Crippen molar-refractivity contribution >= 4 is 18.0 Å². The molecule has 8 nitrogen and oxygen atoms in total. The number of carbonyl (C=O) groups excluding carboxylic acids is 2. The van der Waals surface area contributed by atoms with Gasteiger partial charge in [-0.25, -0.2) is 4.79 Å². The maximum atomic E-state index is 12.8. The number of carboxylic acid groups (broad SMARTS) is 1. The van der Waals surface area contributed by atoms with Crippen LogP contribution < -0.4 is 10.6 Å². The van der Waals surface area contributed by atoms with Crippen molar-refractivity contribution < 1.29 is 29.0 Å². The molecule has 1 heterocycles. The van der Waals surface area contributed by atoms with Crippen molar-refractivity contribution in [1.82, 2.24) is 10.6 Å². The summed E-state index contributed by atoms with van der Waals surface area (Å²) in [5.41, 5.74) is 4.57. The Kier molecular flexibility index (Phi) is 7.47. The van der Waals surface area contributed by atoms with E-state index in [1.54, 1.807) is 0 Å². The fourth-order valence-corrected chi connectivity index (χ4v) is 4.73. The molecule has 0 saturated carbocycles. The minimum atomic E-state index is -0.897. The summed E-state index contributed by atoms with van der Waals surface area (Å²) in [4.78, 5) is 36.2. The van der Waals surface area contributed by atoms with E-state index in [1.807, 2.05) is 31.2 Å². The Hall–Kier alpha value is -3.39. The summed E-state index contributed by atoms with van der Waals surface area (Å²) in [5, 5.41) is 14.6. The number of hydrogen-bond donors (Lipinski definition) is 3. The van der Waals surface area contributed by atoms with Gasteiger partial charge in [0.1, 0.15) is 6.61 Å². The predicted molar refractivity (Wildman–Crippen MR) is 125 cm³/mol. The number of ether oxygens (including phenoxy) is 2. The highest BCUT2D eigenvalue weighted by Gasteiger charge is 2.36. The van der Waals surface area contributed by atoms with Gasteiger partial charge in [0.05, 0.1) is 25.2 Å². The highest BCUT2D eigenvalue weighted by atomic mass is 16.5. The van der Waals surface area contributed by atoms with Crippen LogP contribution >= 0.6 is 0 Å². The number of benzene rings is 2. The van der Waals surface area contributed by atoms with Crippen molar-refractivity contribution in [3.63, 3.8) is 0 Å². The van der Waals surface area contributed by atoms with Crippen molar-refractivity contribution in [2.45, 2.75) is 44.2 Å². The van der Waals surface area contributed by atoms with Crippen LogP contribution in [0.25, 0.3) is 11.1 Å². The number of rotatable bonds is 9. The Bertz CT molecular complexity index is 1010. The first-order valence-corrected chi connectivity index (χ1v) is 11.7. The van der Waals surface area contributed by atoms with Crippen LogP contribution in [-0.4, -0.2) is 55.0 Å². The Morgan fingerprint density at radius 1 is 1.06 bits per heavy atom. The minimum Gasteiger partial charge on any atom is -0.481 e. The van der Waals surface area contributed by atoms with E-state index >= 15 is 0 Å². The smallest absolute Gasteiger partial charge is 0.407 e. The fraction of sp³-hybridized carbons (Fsp3) is 0.423. The zero-order valence-corrected chi connectivity index (χ0v) is 19.2. The van der Waals surface area contributed by atoms with Crippen molar-refractivity contribution in [1.29, 1.82) is 0 Å². The largest absolute Gasteiger partial charge is 0.481 e. The molecule has 0 radical (unpaired) electrons. The second-order valence-electron chi connectivity index (χ2n) is 8.77. The van der Waals surface area contributed by atoms with Gasteiger partial charge in [-0.1, -0.05) is 55.5 Å². The van der Waals surface area contributed by atoms with Crippen molar-refractivity contribution in [3.8, 4) is 11.1 Å². The molecular formula is C26H30N2O6. The lowest BCUT2D eigenvalue weighted by Crippen LogP contribution is -2.48. The Morgan fingerprint density at radius 2 is 1.71 bits per heavy atom. The van der Waals surface area contributed by atoms with E-state index in [1.165, 1.54) is 0 Å². The van der Waals surface area contributed by atoms with Crippen molar-refractivity contribution in [3.05, 3.63) is 59.7 Å². The number of fused-ring (bicyclic) bond motifs is 3. The number of alkyl carbamates (subject to hydrolysis) is 1. The summed E-state index contributed by atoms with van der Waals surface area (Å²) in [5.74, 6) is -1.75. The summed E-state index contributed by atoms with van der Waals surface area (Å²) in [7, 11) is 0. The van der Waals surface area contributed by atoms with Crippen LogP contribution in [0.5, 0.6) is 0 Å². The maximum Gasteiger partial charge on any atom is 0.407 e. The fourth-order valence-electron chi connectivity index (χ4n) is 4.73. The summed E-state index contributed by atoms with van der Waals surface area (Å²) < 4.78 is 11.0. The van der Waals surface area contributed by atoms with Gasteiger partial charge in [0.25, 0.3) is 0 Å². The normalized spacial score (nSPS) is 19.7. The lowest BCUT2D eigenvalue weighted by molar-refractivity contribution is -0.137. The number of carboxylic acids is 1. The molecule has 2 aromatic rings. The number of carbonyl (C=O) groups is 3. The number of nitrogens with one attached hydrogen (secondary N) is 2. The van der Waals surface area contributed by atoms with Gasteiger partial charge < -0.3 is 25.2 Å². The van der Waals surface area contributed by atoms with Crippen molar-refractivity contribution in [2.24, 2.45) is 5.92 Å². The highest BCUT2D eigenvalue weighted by molar-refractivity contribution is 5.81. The van der Waals surface area contributed by atoms with Crippen LogP contribution in [0.1, 0.15) is 43.2 Å². The quantitative estimate of drug-likeness (QED) is 0.523. The molecule has 1 saturated heterocycles. The number of hydrogen-bond acceptors (Lipinski definition) is 5. The standard InChI is InChI=1S/C26H30N2O6/c1-2-16(11-12-24(29)30)27-25(31)22-13-33-15-23(22)28-26(32)34-14-21-19-9-5-3-7-17(19)18-8-4-6-10-20(18)21/h3-10,16,21-23H,2,11-15H2,1H3,(H,27,31)(H,28,32)(H,29,30). The number of amides is 2. The molecule has 180 valence electrons. The second kappa shape index (κ2) is 10.7. The van der Waals surface area contributed by atoms with Gasteiger partial charge in [-0.05, 0) is 35.1 Å². The molecule has 1 aliphatic carbocycles. The molecule has 0 bridgehead atoms. The van der Waals surface area contributed by atoms with Gasteiger partial charge in [-0.15, -0.1) is 0 Å². The first kappa shape index (κ1) is 23.8.